The lowest BCUT2D eigenvalue weighted by atomic mass is 10.1. The van der Waals surface area contributed by atoms with Crippen LogP contribution in [0, 0.1) is 0 Å². The maximum Gasteiger partial charge on any atom is 0.173 e. The molecule has 0 saturated carbocycles. The molecule has 2 aliphatic heterocycles. The van der Waals surface area contributed by atoms with E-state index in [4.69, 9.17) is 4.98 Å². The first-order chi connectivity index (χ1) is 13.8. The normalized spacial score (nSPS) is 17.2. The van der Waals surface area contributed by atoms with E-state index in [0.717, 1.165) is 56.2 Å². The highest BCUT2D eigenvalue weighted by atomic mass is 15.3. The third kappa shape index (κ3) is 3.60. The lowest BCUT2D eigenvalue weighted by molar-refractivity contribution is 0.243. The first kappa shape index (κ1) is 17.3. The molecule has 0 spiro atoms. The third-order valence-electron chi connectivity index (χ3n) is 5.46. The molecule has 2 aromatic heterocycles. The molecule has 0 fully saturated rings. The van der Waals surface area contributed by atoms with Crippen LogP contribution in [0.1, 0.15) is 41.9 Å². The molecule has 3 aromatic rings. The Kier molecular flexibility index (Phi) is 4.71. The summed E-state index contributed by atoms with van der Waals surface area (Å²) < 4.78 is 1.94. The summed E-state index contributed by atoms with van der Waals surface area (Å²) in [5.74, 6) is 0.844. The van der Waals surface area contributed by atoms with E-state index in [-0.39, 0.29) is 0 Å². The molecule has 28 heavy (non-hydrogen) atoms. The second-order valence-corrected chi connectivity index (χ2v) is 7.54. The van der Waals surface area contributed by atoms with Crippen molar-refractivity contribution in [1.29, 1.82) is 0 Å². The van der Waals surface area contributed by atoms with Gasteiger partial charge in [-0.25, -0.2) is 14.6 Å². The number of aliphatic imine (C=N–C) groups is 1. The van der Waals surface area contributed by atoms with E-state index < -0.39 is 0 Å². The Labute approximate surface area is 165 Å². The Morgan fingerprint density at radius 3 is 2.79 bits per heavy atom. The number of fused-ring (bicyclic) bond motifs is 1. The fourth-order valence-corrected chi connectivity index (χ4v) is 3.95. The molecule has 0 atom stereocenters. The average molecular weight is 372 g/mol. The number of rotatable bonds is 4. The lowest BCUT2D eigenvalue weighted by Gasteiger charge is -2.27. The van der Waals surface area contributed by atoms with Gasteiger partial charge in [-0.05, 0) is 31.4 Å². The minimum atomic E-state index is 0.844. The predicted molar refractivity (Wildman–Crippen MR) is 109 cm³/mol. The summed E-state index contributed by atoms with van der Waals surface area (Å²) in [6, 6.07) is 10.2. The monoisotopic (exact) mass is 372 g/mol. The molecular formula is C22H24N6. The number of nitrogens with zero attached hydrogens (tertiary/aromatic N) is 6. The van der Waals surface area contributed by atoms with Crippen LogP contribution in [0.3, 0.4) is 0 Å². The summed E-state index contributed by atoms with van der Waals surface area (Å²) in [5, 5.41) is 4.51. The fourth-order valence-electron chi connectivity index (χ4n) is 3.95. The van der Waals surface area contributed by atoms with Gasteiger partial charge < -0.3 is 0 Å². The maximum atomic E-state index is 4.84. The van der Waals surface area contributed by atoms with Crippen molar-refractivity contribution in [1.82, 2.24) is 24.6 Å². The number of para-hydroxylation sites is 1. The Morgan fingerprint density at radius 1 is 1.00 bits per heavy atom. The molecule has 1 aromatic carbocycles. The molecule has 0 aliphatic carbocycles. The van der Waals surface area contributed by atoms with E-state index in [1.165, 1.54) is 29.7 Å². The largest absolute Gasteiger partial charge is 0.294 e. The van der Waals surface area contributed by atoms with Crippen LogP contribution < -0.4 is 0 Å². The van der Waals surface area contributed by atoms with E-state index in [1.807, 2.05) is 35.3 Å². The molecule has 142 valence electrons. The quantitative estimate of drug-likeness (QED) is 0.706. The van der Waals surface area contributed by atoms with Crippen LogP contribution in [0.4, 0.5) is 0 Å². The van der Waals surface area contributed by atoms with Gasteiger partial charge in [0.2, 0.25) is 0 Å². The molecule has 0 saturated heterocycles. The molecule has 0 bridgehead atoms. The fraction of sp³-hybridized carbons (Fsp3) is 0.364. The van der Waals surface area contributed by atoms with Gasteiger partial charge in [0.05, 0.1) is 23.3 Å². The van der Waals surface area contributed by atoms with E-state index in [0.29, 0.717) is 0 Å². The van der Waals surface area contributed by atoms with Gasteiger partial charge in [0.15, 0.2) is 5.82 Å². The van der Waals surface area contributed by atoms with Crippen LogP contribution in [-0.2, 0) is 19.5 Å². The van der Waals surface area contributed by atoms with E-state index in [9.17, 15) is 0 Å². The SMILES string of the molecule is c1ccc(-n2cc(CN3CCc4nc(C5=NCCCC5)ncc4C3)cn2)cc1. The van der Waals surface area contributed by atoms with Crippen molar-refractivity contribution in [2.75, 3.05) is 13.1 Å². The van der Waals surface area contributed by atoms with Crippen molar-refractivity contribution in [3.05, 3.63) is 71.6 Å². The smallest absolute Gasteiger partial charge is 0.173 e. The first-order valence-corrected chi connectivity index (χ1v) is 10.0. The molecule has 2 aliphatic rings. The number of benzene rings is 1. The van der Waals surface area contributed by atoms with Gasteiger partial charge in [-0.1, -0.05) is 18.2 Å². The summed E-state index contributed by atoms with van der Waals surface area (Å²) in [6.45, 7) is 3.70. The Balaban J connectivity index is 1.27. The summed E-state index contributed by atoms with van der Waals surface area (Å²) in [7, 11) is 0. The average Bonchev–Trinajstić information content (AvgIpc) is 3.23. The topological polar surface area (TPSA) is 59.2 Å². The highest BCUT2D eigenvalue weighted by Gasteiger charge is 2.20. The molecular weight excluding hydrogens is 348 g/mol. The van der Waals surface area contributed by atoms with Crippen molar-refractivity contribution in [2.24, 2.45) is 4.99 Å². The van der Waals surface area contributed by atoms with Crippen molar-refractivity contribution in [2.45, 2.75) is 38.8 Å². The summed E-state index contributed by atoms with van der Waals surface area (Å²) in [6.07, 6.45) is 10.4. The standard InChI is InChI=1S/C22H24N6/c1-2-6-19(7-3-1)28-15-17(12-25-28)14-27-11-9-20-18(16-27)13-24-22(26-20)21-8-4-5-10-23-21/h1-3,6-7,12-13,15H,4-5,8-11,14,16H2. The van der Waals surface area contributed by atoms with Gasteiger partial charge >= 0.3 is 0 Å². The molecule has 6 heteroatoms. The second-order valence-electron chi connectivity index (χ2n) is 7.54. The molecule has 5 rings (SSSR count). The van der Waals surface area contributed by atoms with Crippen LogP contribution in [0.15, 0.2) is 53.9 Å². The van der Waals surface area contributed by atoms with Gasteiger partial charge in [-0.3, -0.25) is 9.89 Å². The predicted octanol–water partition coefficient (Wildman–Crippen LogP) is 3.19. The molecule has 0 radical (unpaired) electrons. The Morgan fingerprint density at radius 2 is 1.93 bits per heavy atom. The molecule has 4 heterocycles. The highest BCUT2D eigenvalue weighted by molar-refractivity contribution is 5.97. The maximum absolute atomic E-state index is 4.84. The minimum Gasteiger partial charge on any atom is -0.294 e. The lowest BCUT2D eigenvalue weighted by Crippen LogP contribution is -2.31. The van der Waals surface area contributed by atoms with Crippen LogP contribution in [0.2, 0.25) is 0 Å². The van der Waals surface area contributed by atoms with E-state index in [2.05, 4.69) is 38.3 Å². The van der Waals surface area contributed by atoms with Crippen molar-refractivity contribution >= 4 is 5.71 Å². The highest BCUT2D eigenvalue weighted by Crippen LogP contribution is 2.20. The van der Waals surface area contributed by atoms with Gasteiger partial charge in [0.1, 0.15) is 0 Å². The molecule has 0 N–H and O–H groups in total. The van der Waals surface area contributed by atoms with Crippen molar-refractivity contribution < 1.29 is 0 Å². The van der Waals surface area contributed by atoms with Crippen molar-refractivity contribution in [3.63, 3.8) is 0 Å². The zero-order valence-corrected chi connectivity index (χ0v) is 16.0. The summed E-state index contributed by atoms with van der Waals surface area (Å²) >= 11 is 0. The van der Waals surface area contributed by atoms with Crippen LogP contribution >= 0.6 is 0 Å². The number of hydrogen-bond donors (Lipinski definition) is 0. The van der Waals surface area contributed by atoms with E-state index >= 15 is 0 Å². The zero-order valence-electron chi connectivity index (χ0n) is 16.0. The number of hydrogen-bond acceptors (Lipinski definition) is 5. The van der Waals surface area contributed by atoms with Crippen LogP contribution in [0.25, 0.3) is 5.69 Å². The van der Waals surface area contributed by atoms with Crippen molar-refractivity contribution in [3.8, 4) is 5.69 Å². The third-order valence-corrected chi connectivity index (χ3v) is 5.46. The second kappa shape index (κ2) is 7.64. The van der Waals surface area contributed by atoms with Crippen LogP contribution in [-0.4, -0.2) is 43.4 Å². The van der Waals surface area contributed by atoms with Gasteiger partial charge in [-0.15, -0.1) is 0 Å². The Hall–Kier alpha value is -2.86. The van der Waals surface area contributed by atoms with E-state index in [1.54, 1.807) is 0 Å². The molecule has 0 unspecified atom stereocenters. The minimum absolute atomic E-state index is 0.844. The zero-order chi connectivity index (χ0) is 18.8. The summed E-state index contributed by atoms with van der Waals surface area (Å²) in [5.41, 5.74) is 5.83. The van der Waals surface area contributed by atoms with Gasteiger partial charge in [0, 0.05) is 56.1 Å². The van der Waals surface area contributed by atoms with Gasteiger partial charge in [0.25, 0.3) is 0 Å². The summed E-state index contributed by atoms with van der Waals surface area (Å²) in [4.78, 5) is 16.5. The molecule has 6 nitrogen and oxygen atoms in total. The first-order valence-electron chi connectivity index (χ1n) is 10.0. The molecule has 0 amide bonds. The number of aromatic nitrogens is 4. The Bertz CT molecular complexity index is 991. The van der Waals surface area contributed by atoms with Crippen LogP contribution in [0.5, 0.6) is 0 Å². The van der Waals surface area contributed by atoms with Gasteiger partial charge in [-0.2, -0.15) is 5.10 Å².